The Hall–Kier alpha value is -3.33. The van der Waals surface area contributed by atoms with Gasteiger partial charge in [0.15, 0.2) is 11.3 Å². The molecule has 0 aliphatic carbocycles. The fourth-order valence-electron chi connectivity index (χ4n) is 3.48. The van der Waals surface area contributed by atoms with E-state index in [9.17, 15) is 18.0 Å². The average Bonchev–Trinajstić information content (AvgIpc) is 3.30. The van der Waals surface area contributed by atoms with Gasteiger partial charge in [-0.3, -0.25) is 4.79 Å². The number of alkyl halides is 3. The Balaban J connectivity index is 1.76. The summed E-state index contributed by atoms with van der Waals surface area (Å²) in [4.78, 5) is 17.2. The first-order valence-electron chi connectivity index (χ1n) is 10.1. The number of fused-ring (bicyclic) bond motifs is 1. The fourth-order valence-corrected chi connectivity index (χ4v) is 3.48. The third-order valence-electron chi connectivity index (χ3n) is 5.14. The number of hydrogen-bond donors (Lipinski definition) is 1. The Morgan fingerprint density at radius 3 is 2.66 bits per heavy atom. The van der Waals surface area contributed by atoms with Gasteiger partial charge in [0.25, 0.3) is 5.91 Å². The van der Waals surface area contributed by atoms with E-state index in [1.807, 2.05) is 0 Å². The molecule has 1 aliphatic rings. The zero-order chi connectivity index (χ0) is 22.7. The smallest absolute Gasteiger partial charge is 0.416 e. The van der Waals surface area contributed by atoms with Crippen molar-refractivity contribution in [2.75, 3.05) is 20.3 Å². The standard InChI is InChI=1S/C23H21F3N2O4/c1-30-19-6-2-4-14-12-18(21(29)27-13-17-5-3-11-31-17)22(32-20(14)19)28-16-9-7-15(8-10-16)23(24,25)26/h2,4,6-10,12,17H,3,5,11,13H2,1H3,(H,27,29)/t17-/m0/s1. The van der Waals surface area contributed by atoms with Crippen LogP contribution in [0, 0.1) is 0 Å². The second kappa shape index (κ2) is 9.04. The van der Waals surface area contributed by atoms with Crippen LogP contribution in [0.2, 0.25) is 0 Å². The van der Waals surface area contributed by atoms with E-state index in [1.165, 1.54) is 19.2 Å². The van der Waals surface area contributed by atoms with E-state index >= 15 is 0 Å². The molecule has 2 heterocycles. The SMILES string of the molecule is COc1cccc2cc(C(=O)NC[C@@H]3CCCO3)c(=Nc3ccc(C(F)(F)F)cc3)oc12. The normalized spacial score (nSPS) is 17.0. The van der Waals surface area contributed by atoms with Gasteiger partial charge in [0.1, 0.15) is 5.56 Å². The van der Waals surface area contributed by atoms with Crippen LogP contribution in [0.3, 0.4) is 0 Å². The molecular weight excluding hydrogens is 425 g/mol. The Kier molecular flexibility index (Phi) is 6.18. The molecule has 4 rings (SSSR count). The number of para-hydroxylation sites is 1. The predicted molar refractivity (Wildman–Crippen MR) is 111 cm³/mol. The fraction of sp³-hybridized carbons (Fsp3) is 0.304. The van der Waals surface area contributed by atoms with E-state index in [-0.39, 0.29) is 22.9 Å². The molecule has 1 N–H and O–H groups in total. The van der Waals surface area contributed by atoms with Gasteiger partial charge in [-0.2, -0.15) is 13.2 Å². The number of ether oxygens (including phenoxy) is 2. The quantitative estimate of drug-likeness (QED) is 0.622. The van der Waals surface area contributed by atoms with Crippen molar-refractivity contribution in [1.29, 1.82) is 0 Å². The lowest BCUT2D eigenvalue weighted by atomic mass is 10.1. The van der Waals surface area contributed by atoms with Crippen molar-refractivity contribution < 1.29 is 31.9 Å². The van der Waals surface area contributed by atoms with Crippen LogP contribution < -0.4 is 15.6 Å². The molecule has 1 aliphatic heterocycles. The van der Waals surface area contributed by atoms with Crippen molar-refractivity contribution in [2.24, 2.45) is 4.99 Å². The zero-order valence-corrected chi connectivity index (χ0v) is 17.2. The molecule has 9 heteroatoms. The number of nitrogens with zero attached hydrogens (tertiary/aromatic N) is 1. The lowest BCUT2D eigenvalue weighted by Crippen LogP contribution is -2.34. The maximum absolute atomic E-state index is 12.9. The topological polar surface area (TPSA) is 73.1 Å². The summed E-state index contributed by atoms with van der Waals surface area (Å²) in [6.45, 7) is 1.01. The molecule has 32 heavy (non-hydrogen) atoms. The summed E-state index contributed by atoms with van der Waals surface area (Å²) in [6, 6.07) is 11.1. The van der Waals surface area contributed by atoms with E-state index in [1.54, 1.807) is 24.3 Å². The molecule has 1 saturated heterocycles. The second-order valence-corrected chi connectivity index (χ2v) is 7.35. The summed E-state index contributed by atoms with van der Waals surface area (Å²) >= 11 is 0. The Bertz CT molecular complexity index is 1180. The molecule has 0 radical (unpaired) electrons. The summed E-state index contributed by atoms with van der Waals surface area (Å²) < 4.78 is 55.3. The lowest BCUT2D eigenvalue weighted by Gasteiger charge is -2.12. The first kappa shape index (κ1) is 21.9. The highest BCUT2D eigenvalue weighted by atomic mass is 19.4. The average molecular weight is 446 g/mol. The summed E-state index contributed by atoms with van der Waals surface area (Å²) in [5.74, 6) is 0.0253. The number of halogens is 3. The number of methoxy groups -OCH3 is 1. The maximum atomic E-state index is 12.9. The van der Waals surface area contributed by atoms with Crippen LogP contribution in [0.15, 0.2) is 57.9 Å². The van der Waals surface area contributed by atoms with Gasteiger partial charge in [0.2, 0.25) is 5.55 Å². The minimum Gasteiger partial charge on any atom is -0.493 e. The summed E-state index contributed by atoms with van der Waals surface area (Å²) in [6.07, 6.45) is -2.69. The molecule has 0 bridgehead atoms. The van der Waals surface area contributed by atoms with Crippen LogP contribution in [-0.2, 0) is 10.9 Å². The Morgan fingerprint density at radius 1 is 1.22 bits per heavy atom. The number of rotatable bonds is 5. The van der Waals surface area contributed by atoms with E-state index in [0.717, 1.165) is 25.0 Å². The summed E-state index contributed by atoms with van der Waals surface area (Å²) in [7, 11) is 1.49. The summed E-state index contributed by atoms with van der Waals surface area (Å²) in [5, 5.41) is 3.45. The van der Waals surface area contributed by atoms with Gasteiger partial charge in [-0.05, 0) is 49.2 Å². The molecule has 1 aromatic heterocycles. The highest BCUT2D eigenvalue weighted by molar-refractivity contribution is 5.97. The van der Waals surface area contributed by atoms with Crippen LogP contribution in [-0.4, -0.2) is 32.3 Å². The first-order chi connectivity index (χ1) is 15.3. The molecule has 1 fully saturated rings. The lowest BCUT2D eigenvalue weighted by molar-refractivity contribution is -0.137. The van der Waals surface area contributed by atoms with Gasteiger partial charge >= 0.3 is 6.18 Å². The highest BCUT2D eigenvalue weighted by Gasteiger charge is 2.30. The Labute approximate surface area is 181 Å². The van der Waals surface area contributed by atoms with Gasteiger partial charge in [-0.25, -0.2) is 4.99 Å². The van der Waals surface area contributed by atoms with E-state index in [2.05, 4.69) is 10.3 Å². The molecule has 168 valence electrons. The summed E-state index contributed by atoms with van der Waals surface area (Å²) in [5.41, 5.74) is -0.0844. The third kappa shape index (κ3) is 4.77. The molecule has 6 nitrogen and oxygen atoms in total. The van der Waals surface area contributed by atoms with Crippen molar-refractivity contribution in [3.05, 3.63) is 65.2 Å². The van der Waals surface area contributed by atoms with Crippen molar-refractivity contribution >= 4 is 22.6 Å². The number of nitrogens with one attached hydrogen (secondary N) is 1. The highest BCUT2D eigenvalue weighted by Crippen LogP contribution is 2.30. The van der Waals surface area contributed by atoms with Crippen molar-refractivity contribution in [3.63, 3.8) is 0 Å². The van der Waals surface area contributed by atoms with Crippen molar-refractivity contribution in [1.82, 2.24) is 5.32 Å². The largest absolute Gasteiger partial charge is 0.493 e. The minimum absolute atomic E-state index is 0.0356. The second-order valence-electron chi connectivity index (χ2n) is 7.35. The van der Waals surface area contributed by atoms with Crippen molar-refractivity contribution in [2.45, 2.75) is 25.1 Å². The number of carbonyl (C=O) groups excluding carboxylic acids is 1. The molecular formula is C23H21F3N2O4. The van der Waals surface area contributed by atoms with Crippen LogP contribution in [0.4, 0.5) is 18.9 Å². The number of hydrogen-bond acceptors (Lipinski definition) is 5. The Morgan fingerprint density at radius 2 is 2.00 bits per heavy atom. The van der Waals surface area contributed by atoms with Crippen LogP contribution in [0.1, 0.15) is 28.8 Å². The molecule has 2 aromatic carbocycles. The molecule has 1 amide bonds. The predicted octanol–water partition coefficient (Wildman–Crippen LogP) is 4.60. The maximum Gasteiger partial charge on any atom is 0.416 e. The van der Waals surface area contributed by atoms with Gasteiger partial charge in [0.05, 0.1) is 24.5 Å². The molecule has 1 atom stereocenters. The first-order valence-corrected chi connectivity index (χ1v) is 10.1. The monoisotopic (exact) mass is 446 g/mol. The van der Waals surface area contributed by atoms with E-state index in [0.29, 0.717) is 29.9 Å². The number of carbonyl (C=O) groups is 1. The van der Waals surface area contributed by atoms with Gasteiger partial charge in [-0.1, -0.05) is 12.1 Å². The minimum atomic E-state index is -4.45. The van der Waals surface area contributed by atoms with Gasteiger partial charge in [0, 0.05) is 18.5 Å². The third-order valence-corrected chi connectivity index (χ3v) is 5.14. The van der Waals surface area contributed by atoms with Gasteiger partial charge < -0.3 is 19.2 Å². The molecule has 0 saturated carbocycles. The molecule has 0 unspecified atom stereocenters. The van der Waals surface area contributed by atoms with Crippen molar-refractivity contribution in [3.8, 4) is 5.75 Å². The number of benzene rings is 2. The molecule has 3 aromatic rings. The molecule has 0 spiro atoms. The van der Waals surface area contributed by atoms with Gasteiger partial charge in [-0.15, -0.1) is 0 Å². The van der Waals surface area contributed by atoms with Crippen LogP contribution in [0.5, 0.6) is 5.75 Å². The number of amides is 1. The van der Waals surface area contributed by atoms with E-state index in [4.69, 9.17) is 13.9 Å². The van der Waals surface area contributed by atoms with E-state index < -0.39 is 17.6 Å². The zero-order valence-electron chi connectivity index (χ0n) is 17.2. The van der Waals surface area contributed by atoms with Crippen LogP contribution >= 0.6 is 0 Å². The van der Waals surface area contributed by atoms with Crippen LogP contribution in [0.25, 0.3) is 11.0 Å².